The third kappa shape index (κ3) is 5.82. The molecule has 6 nitrogen and oxygen atoms in total. The van der Waals surface area contributed by atoms with Gasteiger partial charge in [0.05, 0.1) is 11.4 Å². The molecule has 2 amide bonds. The van der Waals surface area contributed by atoms with E-state index >= 15 is 9.59 Å². The molecule has 1 heterocycles. The topological polar surface area (TPSA) is 59.1 Å². The maximum Gasteiger partial charge on any atom is 0.262 e. The number of anilines is 2. The van der Waals surface area contributed by atoms with Gasteiger partial charge in [0.1, 0.15) is 16.6 Å². The first-order valence-corrected chi connectivity index (χ1v) is 17.1. The molecule has 1 aliphatic rings. The Morgan fingerprint density at radius 3 is 0.882 bits per heavy atom. The zero-order chi connectivity index (χ0) is 35.3. The van der Waals surface area contributed by atoms with Crippen molar-refractivity contribution in [3.05, 3.63) is 204 Å². The first kappa shape index (κ1) is 33.7. The molecule has 0 N–H and O–H groups in total. The summed E-state index contributed by atoms with van der Waals surface area (Å²) in [7, 11) is 3.30. The SMILES string of the molecule is COC(CC1(CC(OC)(c2ccccc2)c2ccccc2)C(=O)N(c2ccccc2)N(c2ccccc2)C1=O)(c1ccccc1)c1ccccc1. The van der Waals surface area contributed by atoms with Crippen LogP contribution in [0.3, 0.4) is 0 Å². The Balaban J connectivity index is 1.55. The average Bonchev–Trinajstić information content (AvgIpc) is 3.42. The van der Waals surface area contributed by atoms with Crippen molar-refractivity contribution >= 4 is 23.2 Å². The average molecular weight is 673 g/mol. The minimum absolute atomic E-state index is 0.0142. The normalized spacial score (nSPS) is 14.5. The van der Waals surface area contributed by atoms with Crippen molar-refractivity contribution in [3.8, 4) is 0 Å². The Bertz CT molecular complexity index is 1830. The third-order valence-electron chi connectivity index (χ3n) is 10.2. The molecule has 254 valence electrons. The summed E-state index contributed by atoms with van der Waals surface area (Å²) in [4.78, 5) is 31.8. The van der Waals surface area contributed by atoms with Crippen LogP contribution in [0.5, 0.6) is 0 Å². The van der Waals surface area contributed by atoms with Gasteiger partial charge in [-0.3, -0.25) is 9.59 Å². The van der Waals surface area contributed by atoms with Gasteiger partial charge in [0.2, 0.25) is 0 Å². The Labute approximate surface area is 299 Å². The van der Waals surface area contributed by atoms with Crippen LogP contribution in [0.1, 0.15) is 35.1 Å². The highest BCUT2D eigenvalue weighted by molar-refractivity contribution is 6.26. The smallest absolute Gasteiger partial charge is 0.262 e. The first-order valence-electron chi connectivity index (χ1n) is 17.1. The summed E-state index contributed by atoms with van der Waals surface area (Å²) in [6, 6.07) is 58.1. The molecule has 6 heteroatoms. The molecule has 0 spiro atoms. The summed E-state index contributed by atoms with van der Waals surface area (Å²) in [5.74, 6) is -0.742. The van der Waals surface area contributed by atoms with Gasteiger partial charge < -0.3 is 9.47 Å². The van der Waals surface area contributed by atoms with E-state index in [1.807, 2.05) is 182 Å². The number of rotatable bonds is 12. The molecule has 1 fully saturated rings. The van der Waals surface area contributed by atoms with Crippen molar-refractivity contribution in [1.29, 1.82) is 0 Å². The molecule has 0 bridgehead atoms. The lowest BCUT2D eigenvalue weighted by molar-refractivity contribution is -0.146. The molecule has 0 radical (unpaired) electrons. The van der Waals surface area contributed by atoms with E-state index in [0.29, 0.717) is 11.4 Å². The summed E-state index contributed by atoms with van der Waals surface area (Å²) in [5.41, 5.74) is 0.297. The minimum Gasteiger partial charge on any atom is -0.369 e. The van der Waals surface area contributed by atoms with Gasteiger partial charge in [0, 0.05) is 27.1 Å². The number of hydrogen-bond acceptors (Lipinski definition) is 4. The zero-order valence-corrected chi connectivity index (χ0v) is 28.8. The van der Waals surface area contributed by atoms with Crippen LogP contribution >= 0.6 is 0 Å². The fraction of sp³-hybridized carbons (Fsp3) is 0.156. The number of carbonyl (C=O) groups is 2. The predicted octanol–water partition coefficient (Wildman–Crippen LogP) is 8.93. The van der Waals surface area contributed by atoms with Crippen molar-refractivity contribution in [2.45, 2.75) is 24.0 Å². The van der Waals surface area contributed by atoms with Crippen LogP contribution in [0, 0.1) is 5.41 Å². The molecule has 0 aromatic heterocycles. The van der Waals surface area contributed by atoms with Crippen LogP contribution in [-0.4, -0.2) is 26.0 Å². The van der Waals surface area contributed by atoms with E-state index in [1.54, 1.807) is 14.2 Å². The number of para-hydroxylation sites is 2. The molecular formula is C45H40N2O4. The van der Waals surface area contributed by atoms with Gasteiger partial charge in [-0.05, 0) is 46.5 Å². The molecule has 51 heavy (non-hydrogen) atoms. The van der Waals surface area contributed by atoms with E-state index in [4.69, 9.17) is 9.47 Å². The highest BCUT2D eigenvalue weighted by Crippen LogP contribution is 2.55. The van der Waals surface area contributed by atoms with E-state index in [2.05, 4.69) is 0 Å². The van der Waals surface area contributed by atoms with E-state index in [9.17, 15) is 0 Å². The second kappa shape index (κ2) is 14.2. The second-order valence-corrected chi connectivity index (χ2v) is 12.9. The molecule has 1 aliphatic heterocycles. The standard InChI is InChI=1S/C45H40N2O4/c1-50-44(35-21-9-3-10-22-35,36-23-11-4-12-24-36)33-43(34-45(51-2,37-25-13-5-14-26-37)38-27-15-6-16-28-38)41(48)46(39-29-17-7-18-30-39)47(42(43)49)40-31-19-8-20-32-40/h3-32H,33-34H2,1-2H3. The van der Waals surface area contributed by atoms with Crippen LogP contribution in [0.15, 0.2) is 182 Å². The molecule has 6 aromatic carbocycles. The van der Waals surface area contributed by atoms with Crippen LogP contribution in [0.4, 0.5) is 11.4 Å². The molecule has 0 aliphatic carbocycles. The summed E-state index contributed by atoms with van der Waals surface area (Å²) in [5, 5.41) is 3.06. The largest absolute Gasteiger partial charge is 0.369 e. The Morgan fingerprint density at radius 2 is 0.647 bits per heavy atom. The number of hydrogen-bond donors (Lipinski definition) is 0. The van der Waals surface area contributed by atoms with Crippen LogP contribution in [-0.2, 0) is 30.3 Å². The number of carbonyl (C=O) groups excluding carboxylic acids is 2. The molecule has 0 unspecified atom stereocenters. The van der Waals surface area contributed by atoms with Crippen molar-refractivity contribution < 1.29 is 19.1 Å². The van der Waals surface area contributed by atoms with Crippen molar-refractivity contribution in [3.63, 3.8) is 0 Å². The Kier molecular flexibility index (Phi) is 9.37. The molecular weight excluding hydrogens is 633 g/mol. The lowest BCUT2D eigenvalue weighted by Crippen LogP contribution is -2.50. The van der Waals surface area contributed by atoms with E-state index in [-0.39, 0.29) is 24.7 Å². The lowest BCUT2D eigenvalue weighted by atomic mass is 9.64. The molecule has 6 aromatic rings. The number of ether oxygens (including phenoxy) is 2. The van der Waals surface area contributed by atoms with Gasteiger partial charge in [-0.1, -0.05) is 158 Å². The fourth-order valence-electron chi connectivity index (χ4n) is 7.68. The summed E-state index contributed by atoms with van der Waals surface area (Å²) in [6.07, 6.45) is -0.0285. The van der Waals surface area contributed by atoms with E-state index in [0.717, 1.165) is 22.3 Å². The van der Waals surface area contributed by atoms with Crippen LogP contribution < -0.4 is 10.0 Å². The predicted molar refractivity (Wildman–Crippen MR) is 201 cm³/mol. The molecule has 7 rings (SSSR count). The van der Waals surface area contributed by atoms with Crippen molar-refractivity contribution in [2.75, 3.05) is 24.2 Å². The third-order valence-corrected chi connectivity index (χ3v) is 10.2. The highest BCUT2D eigenvalue weighted by atomic mass is 16.5. The molecule has 0 atom stereocenters. The molecule has 0 saturated carbocycles. The number of nitrogens with zero attached hydrogens (tertiary/aromatic N) is 2. The maximum atomic E-state index is 15.9. The summed E-state index contributed by atoms with van der Waals surface area (Å²) < 4.78 is 13.3. The quantitative estimate of drug-likeness (QED) is 0.122. The number of amides is 2. The van der Waals surface area contributed by atoms with E-state index < -0.39 is 16.6 Å². The fourth-order valence-corrected chi connectivity index (χ4v) is 7.68. The van der Waals surface area contributed by atoms with E-state index in [1.165, 1.54) is 10.0 Å². The van der Waals surface area contributed by atoms with Crippen molar-refractivity contribution in [1.82, 2.24) is 0 Å². The Hall–Kier alpha value is -5.82. The number of hydrazine groups is 1. The van der Waals surface area contributed by atoms with Gasteiger partial charge >= 0.3 is 0 Å². The zero-order valence-electron chi connectivity index (χ0n) is 28.8. The van der Waals surface area contributed by atoms with Gasteiger partial charge in [0.25, 0.3) is 11.8 Å². The first-order chi connectivity index (χ1) is 25.0. The van der Waals surface area contributed by atoms with Gasteiger partial charge in [-0.2, -0.15) is 0 Å². The van der Waals surface area contributed by atoms with Crippen LogP contribution in [0.2, 0.25) is 0 Å². The molecule has 1 saturated heterocycles. The second-order valence-electron chi connectivity index (χ2n) is 12.9. The van der Waals surface area contributed by atoms with Crippen molar-refractivity contribution in [2.24, 2.45) is 5.41 Å². The summed E-state index contributed by atoms with van der Waals surface area (Å²) >= 11 is 0. The van der Waals surface area contributed by atoms with Gasteiger partial charge in [0.15, 0.2) is 0 Å². The maximum absolute atomic E-state index is 15.9. The lowest BCUT2D eigenvalue weighted by Gasteiger charge is -2.44. The minimum atomic E-state index is -1.73. The van der Waals surface area contributed by atoms with Gasteiger partial charge in [-0.15, -0.1) is 0 Å². The Morgan fingerprint density at radius 1 is 0.412 bits per heavy atom. The monoisotopic (exact) mass is 672 g/mol. The van der Waals surface area contributed by atoms with Gasteiger partial charge in [-0.25, -0.2) is 10.0 Å². The number of benzene rings is 6. The highest BCUT2D eigenvalue weighted by Gasteiger charge is 2.65. The van der Waals surface area contributed by atoms with Crippen LogP contribution in [0.25, 0.3) is 0 Å². The number of methoxy groups -OCH3 is 2. The summed E-state index contributed by atoms with van der Waals surface area (Å²) in [6.45, 7) is 0.